The molecule has 1 aliphatic heterocycles. The van der Waals surface area contributed by atoms with Crippen LogP contribution in [0.25, 0.3) is 0 Å². The summed E-state index contributed by atoms with van der Waals surface area (Å²) in [7, 11) is 0. The van der Waals surface area contributed by atoms with Gasteiger partial charge in [-0.05, 0) is 36.6 Å². The van der Waals surface area contributed by atoms with Crippen LogP contribution in [0, 0.1) is 15.9 Å². The number of nitro groups is 1. The number of anilines is 1. The van der Waals surface area contributed by atoms with Crippen LogP contribution in [-0.4, -0.2) is 29.7 Å². The van der Waals surface area contributed by atoms with Gasteiger partial charge in [0.1, 0.15) is 17.8 Å². The van der Waals surface area contributed by atoms with Crippen LogP contribution < -0.4 is 5.32 Å². The van der Waals surface area contributed by atoms with Gasteiger partial charge in [0, 0.05) is 31.2 Å². The first-order valence-electron chi connectivity index (χ1n) is 7.77. The number of benzene rings is 1. The highest BCUT2D eigenvalue weighted by Crippen LogP contribution is 2.35. The van der Waals surface area contributed by atoms with Gasteiger partial charge in [-0.25, -0.2) is 9.37 Å². The van der Waals surface area contributed by atoms with Crippen molar-refractivity contribution < 1.29 is 14.1 Å². The lowest BCUT2D eigenvalue weighted by molar-refractivity contribution is -0.385. The lowest BCUT2D eigenvalue weighted by Crippen LogP contribution is -2.40. The molecule has 0 atom stereocenters. The van der Waals surface area contributed by atoms with Crippen molar-refractivity contribution in [2.45, 2.75) is 18.3 Å². The van der Waals surface area contributed by atoms with Gasteiger partial charge in [-0.2, -0.15) is 0 Å². The van der Waals surface area contributed by atoms with Gasteiger partial charge in [-0.3, -0.25) is 10.1 Å². The highest BCUT2D eigenvalue weighted by molar-refractivity contribution is 5.41. The summed E-state index contributed by atoms with van der Waals surface area (Å²) in [4.78, 5) is 14.3. The van der Waals surface area contributed by atoms with Gasteiger partial charge in [0.15, 0.2) is 0 Å². The van der Waals surface area contributed by atoms with Gasteiger partial charge in [0.2, 0.25) is 0 Å². The molecule has 1 saturated heterocycles. The Bertz CT molecular complexity index is 698. The average molecular weight is 331 g/mol. The molecule has 0 unspecified atom stereocenters. The second-order valence-electron chi connectivity index (χ2n) is 5.91. The van der Waals surface area contributed by atoms with E-state index in [0.717, 1.165) is 18.4 Å². The van der Waals surface area contributed by atoms with Crippen molar-refractivity contribution in [3.05, 3.63) is 64.1 Å². The van der Waals surface area contributed by atoms with E-state index in [0.29, 0.717) is 25.6 Å². The molecule has 1 aromatic heterocycles. The predicted molar refractivity (Wildman–Crippen MR) is 87.5 cm³/mol. The van der Waals surface area contributed by atoms with Gasteiger partial charge in [0.25, 0.3) is 5.69 Å². The van der Waals surface area contributed by atoms with Crippen LogP contribution in [0.3, 0.4) is 0 Å². The van der Waals surface area contributed by atoms with Gasteiger partial charge in [-0.15, -0.1) is 0 Å². The van der Waals surface area contributed by atoms with Crippen molar-refractivity contribution in [1.29, 1.82) is 0 Å². The Hall–Kier alpha value is -2.54. The fraction of sp³-hybridized carbons (Fsp3) is 0.353. The Morgan fingerprint density at radius 1 is 1.21 bits per heavy atom. The SMILES string of the molecule is O=[N+]([O-])c1ccc(NCC2(c3ccc(F)cc3)CCOCC2)nc1. The van der Waals surface area contributed by atoms with Crippen LogP contribution in [0.1, 0.15) is 18.4 Å². The largest absolute Gasteiger partial charge is 0.381 e. The predicted octanol–water partition coefficient (Wildman–Crippen LogP) is 3.29. The molecule has 6 nitrogen and oxygen atoms in total. The van der Waals surface area contributed by atoms with E-state index in [1.54, 1.807) is 6.07 Å². The van der Waals surface area contributed by atoms with Crippen molar-refractivity contribution in [3.63, 3.8) is 0 Å². The van der Waals surface area contributed by atoms with Crippen molar-refractivity contribution in [1.82, 2.24) is 4.98 Å². The van der Waals surface area contributed by atoms with Gasteiger partial charge in [0.05, 0.1) is 4.92 Å². The molecule has 0 amide bonds. The van der Waals surface area contributed by atoms with Gasteiger partial charge < -0.3 is 10.1 Å². The Kier molecular flexibility index (Phi) is 4.71. The second kappa shape index (κ2) is 6.92. The molecule has 0 aliphatic carbocycles. The zero-order valence-corrected chi connectivity index (χ0v) is 13.1. The van der Waals surface area contributed by atoms with E-state index in [-0.39, 0.29) is 16.9 Å². The Balaban J connectivity index is 1.77. The molecule has 0 radical (unpaired) electrons. The normalized spacial score (nSPS) is 16.5. The van der Waals surface area contributed by atoms with E-state index >= 15 is 0 Å². The van der Waals surface area contributed by atoms with E-state index in [2.05, 4.69) is 10.3 Å². The first-order valence-corrected chi connectivity index (χ1v) is 7.77. The summed E-state index contributed by atoms with van der Waals surface area (Å²) in [5, 5.41) is 13.9. The molecule has 0 spiro atoms. The average Bonchev–Trinajstić information content (AvgIpc) is 2.62. The Morgan fingerprint density at radius 2 is 1.92 bits per heavy atom. The lowest BCUT2D eigenvalue weighted by atomic mass is 9.74. The van der Waals surface area contributed by atoms with Crippen molar-refractivity contribution in [2.24, 2.45) is 0 Å². The number of ether oxygens (including phenoxy) is 1. The summed E-state index contributed by atoms with van der Waals surface area (Å²) < 4.78 is 18.7. The highest BCUT2D eigenvalue weighted by Gasteiger charge is 2.34. The third kappa shape index (κ3) is 3.51. The highest BCUT2D eigenvalue weighted by atomic mass is 19.1. The summed E-state index contributed by atoms with van der Waals surface area (Å²) in [6.07, 6.45) is 2.87. The number of halogens is 1. The molecular formula is C17H18FN3O3. The van der Waals surface area contributed by atoms with E-state index < -0.39 is 4.92 Å². The van der Waals surface area contributed by atoms with Crippen LogP contribution in [-0.2, 0) is 10.2 Å². The minimum absolute atomic E-state index is 0.0418. The molecule has 0 saturated carbocycles. The van der Waals surface area contributed by atoms with E-state index in [1.165, 1.54) is 24.4 Å². The van der Waals surface area contributed by atoms with Gasteiger partial charge >= 0.3 is 0 Å². The molecule has 2 heterocycles. The molecule has 1 fully saturated rings. The second-order valence-corrected chi connectivity index (χ2v) is 5.91. The Labute approximate surface area is 138 Å². The van der Waals surface area contributed by atoms with Crippen molar-refractivity contribution >= 4 is 11.5 Å². The van der Waals surface area contributed by atoms with Crippen molar-refractivity contribution in [3.8, 4) is 0 Å². The first kappa shape index (κ1) is 16.3. The minimum Gasteiger partial charge on any atom is -0.381 e. The maximum atomic E-state index is 13.2. The van der Waals surface area contributed by atoms with E-state index in [9.17, 15) is 14.5 Å². The number of hydrogen-bond acceptors (Lipinski definition) is 5. The third-order valence-electron chi connectivity index (χ3n) is 4.47. The monoisotopic (exact) mass is 331 g/mol. The van der Waals surface area contributed by atoms with E-state index in [1.807, 2.05) is 12.1 Å². The van der Waals surface area contributed by atoms with Crippen LogP contribution in [0.15, 0.2) is 42.6 Å². The fourth-order valence-corrected chi connectivity index (χ4v) is 2.99. The molecule has 0 bridgehead atoms. The number of rotatable bonds is 5. The lowest BCUT2D eigenvalue weighted by Gasteiger charge is -2.38. The van der Waals surface area contributed by atoms with Crippen LogP contribution in [0.4, 0.5) is 15.9 Å². The summed E-state index contributed by atoms with van der Waals surface area (Å²) in [5.41, 5.74) is 0.844. The quantitative estimate of drug-likeness (QED) is 0.672. The molecule has 1 N–H and O–H groups in total. The first-order chi connectivity index (χ1) is 11.6. The number of hydrogen-bond donors (Lipinski definition) is 1. The number of aromatic nitrogens is 1. The maximum absolute atomic E-state index is 13.2. The van der Waals surface area contributed by atoms with Crippen molar-refractivity contribution in [2.75, 3.05) is 25.1 Å². The zero-order valence-electron chi connectivity index (χ0n) is 13.1. The maximum Gasteiger partial charge on any atom is 0.287 e. The van der Waals surface area contributed by atoms with Gasteiger partial charge in [-0.1, -0.05) is 12.1 Å². The molecular weight excluding hydrogens is 313 g/mol. The molecule has 126 valence electrons. The topological polar surface area (TPSA) is 77.3 Å². The standard InChI is InChI=1S/C17H18FN3O3/c18-14-3-1-13(2-4-14)17(7-9-24-10-8-17)12-20-16-6-5-15(11-19-16)21(22)23/h1-6,11H,7-10,12H2,(H,19,20). The number of nitrogens with one attached hydrogen (secondary N) is 1. The molecule has 2 aromatic rings. The van der Waals surface area contributed by atoms with Crippen LogP contribution >= 0.6 is 0 Å². The van der Waals surface area contributed by atoms with Crippen LogP contribution in [0.2, 0.25) is 0 Å². The summed E-state index contributed by atoms with van der Waals surface area (Å²) in [6, 6.07) is 9.57. The third-order valence-corrected chi connectivity index (χ3v) is 4.47. The zero-order chi connectivity index (χ0) is 17.0. The molecule has 1 aromatic carbocycles. The Morgan fingerprint density at radius 3 is 2.50 bits per heavy atom. The fourth-order valence-electron chi connectivity index (χ4n) is 2.99. The number of pyridine rings is 1. The summed E-state index contributed by atoms with van der Waals surface area (Å²) >= 11 is 0. The van der Waals surface area contributed by atoms with E-state index in [4.69, 9.17) is 4.74 Å². The number of nitrogens with zero attached hydrogens (tertiary/aromatic N) is 2. The molecule has 7 heteroatoms. The summed E-state index contributed by atoms with van der Waals surface area (Å²) in [6.45, 7) is 1.90. The molecule has 3 rings (SSSR count). The minimum atomic E-state index is -0.477. The smallest absolute Gasteiger partial charge is 0.287 e. The summed E-state index contributed by atoms with van der Waals surface area (Å²) in [5.74, 6) is 0.319. The molecule has 24 heavy (non-hydrogen) atoms. The van der Waals surface area contributed by atoms with Crippen LogP contribution in [0.5, 0.6) is 0 Å². The molecule has 1 aliphatic rings.